The summed E-state index contributed by atoms with van der Waals surface area (Å²) in [6, 6.07) is 10.6. The first kappa shape index (κ1) is 23.4. The highest BCUT2D eigenvalue weighted by Gasteiger charge is 2.26. The molecule has 2 N–H and O–H groups in total. The summed E-state index contributed by atoms with van der Waals surface area (Å²) in [5.41, 5.74) is 1.65. The number of aromatic nitrogens is 1. The van der Waals surface area contributed by atoms with E-state index >= 15 is 0 Å². The molecule has 29 heavy (non-hydrogen) atoms. The third-order valence-corrected chi connectivity index (χ3v) is 4.65. The smallest absolute Gasteiger partial charge is 0.387 e. The zero-order valence-corrected chi connectivity index (χ0v) is 18.9. The standard InChI is InChI=1S/C19H22ClF2N5O.HI/c1-23-19(25-11-13-6-7-17(20)24-10-13)26-14-8-9-27(12-14)15-4-2-3-5-16(15)28-18(21)22;/h2-7,10,14,18H,8-9,11-12H2,1H3,(H2,23,25,26);1H. The van der Waals surface area contributed by atoms with E-state index in [0.29, 0.717) is 29.9 Å². The van der Waals surface area contributed by atoms with Gasteiger partial charge in [-0.15, -0.1) is 24.0 Å². The molecule has 1 aliphatic heterocycles. The maximum atomic E-state index is 12.6. The number of anilines is 1. The van der Waals surface area contributed by atoms with Gasteiger partial charge in [-0.05, 0) is 30.2 Å². The maximum Gasteiger partial charge on any atom is 0.387 e. The Labute approximate surface area is 190 Å². The first-order valence-corrected chi connectivity index (χ1v) is 9.29. The lowest BCUT2D eigenvalue weighted by Crippen LogP contribution is -2.44. The average Bonchev–Trinajstić information content (AvgIpc) is 3.14. The number of halogens is 4. The van der Waals surface area contributed by atoms with Crippen LogP contribution in [0, 0.1) is 0 Å². The van der Waals surface area contributed by atoms with Crippen molar-refractivity contribution in [3.8, 4) is 5.75 Å². The molecule has 158 valence electrons. The fourth-order valence-electron chi connectivity index (χ4n) is 3.10. The molecule has 2 aromatic rings. The second-order valence-electron chi connectivity index (χ2n) is 6.34. The van der Waals surface area contributed by atoms with Crippen LogP contribution in [0.5, 0.6) is 5.75 Å². The van der Waals surface area contributed by atoms with Gasteiger partial charge in [-0.1, -0.05) is 29.8 Å². The Morgan fingerprint density at radius 2 is 2.14 bits per heavy atom. The number of nitrogens with one attached hydrogen (secondary N) is 2. The van der Waals surface area contributed by atoms with Gasteiger partial charge in [0.1, 0.15) is 10.9 Å². The first-order chi connectivity index (χ1) is 13.5. The summed E-state index contributed by atoms with van der Waals surface area (Å²) in [5.74, 6) is 0.856. The number of rotatable bonds is 6. The van der Waals surface area contributed by atoms with Crippen molar-refractivity contribution in [2.45, 2.75) is 25.6 Å². The molecule has 1 aromatic heterocycles. The molecule has 0 spiro atoms. The Hall–Kier alpha value is -1.88. The Morgan fingerprint density at radius 3 is 2.83 bits per heavy atom. The quantitative estimate of drug-likeness (QED) is 0.253. The molecule has 3 rings (SSSR count). The van der Waals surface area contributed by atoms with Crippen LogP contribution in [-0.4, -0.2) is 43.7 Å². The molecule has 1 fully saturated rings. The minimum absolute atomic E-state index is 0. The van der Waals surface area contributed by atoms with Gasteiger partial charge in [-0.3, -0.25) is 4.99 Å². The highest BCUT2D eigenvalue weighted by Crippen LogP contribution is 2.31. The Morgan fingerprint density at radius 1 is 1.34 bits per heavy atom. The number of benzene rings is 1. The van der Waals surface area contributed by atoms with Crippen LogP contribution in [0.3, 0.4) is 0 Å². The number of aliphatic imine (C=N–C) groups is 1. The number of nitrogens with zero attached hydrogens (tertiary/aromatic N) is 3. The molecular weight excluding hydrogens is 515 g/mol. The van der Waals surface area contributed by atoms with E-state index in [4.69, 9.17) is 11.6 Å². The Kier molecular flexibility index (Phi) is 9.15. The topological polar surface area (TPSA) is 61.8 Å². The fraction of sp³-hybridized carbons (Fsp3) is 0.368. The first-order valence-electron chi connectivity index (χ1n) is 8.91. The third-order valence-electron chi connectivity index (χ3n) is 4.42. The van der Waals surface area contributed by atoms with E-state index in [2.05, 4.69) is 25.3 Å². The zero-order valence-electron chi connectivity index (χ0n) is 15.8. The molecule has 0 saturated carbocycles. The second kappa shape index (κ2) is 11.3. The highest BCUT2D eigenvalue weighted by molar-refractivity contribution is 14.0. The SMILES string of the molecule is CN=C(NCc1ccc(Cl)nc1)NC1CCN(c2ccccc2OC(F)F)C1.I. The van der Waals surface area contributed by atoms with E-state index in [1.54, 1.807) is 37.5 Å². The van der Waals surface area contributed by atoms with Crippen molar-refractivity contribution in [1.82, 2.24) is 15.6 Å². The molecule has 1 atom stereocenters. The molecule has 1 aromatic carbocycles. The van der Waals surface area contributed by atoms with E-state index in [9.17, 15) is 8.78 Å². The van der Waals surface area contributed by atoms with Gasteiger partial charge >= 0.3 is 6.61 Å². The predicted octanol–water partition coefficient (Wildman–Crippen LogP) is 3.90. The number of ether oxygens (including phenoxy) is 1. The summed E-state index contributed by atoms with van der Waals surface area (Å²) in [7, 11) is 1.70. The van der Waals surface area contributed by atoms with E-state index in [0.717, 1.165) is 18.5 Å². The fourth-order valence-corrected chi connectivity index (χ4v) is 3.21. The summed E-state index contributed by atoms with van der Waals surface area (Å²) in [6.07, 6.45) is 2.56. The molecule has 1 aliphatic rings. The number of guanidine groups is 1. The van der Waals surface area contributed by atoms with Crippen molar-refractivity contribution >= 4 is 47.2 Å². The van der Waals surface area contributed by atoms with E-state index in [1.807, 2.05) is 17.0 Å². The van der Waals surface area contributed by atoms with Gasteiger partial charge in [-0.2, -0.15) is 8.78 Å². The second-order valence-corrected chi connectivity index (χ2v) is 6.72. The van der Waals surface area contributed by atoms with E-state index in [1.165, 1.54) is 0 Å². The molecule has 1 unspecified atom stereocenters. The van der Waals surface area contributed by atoms with E-state index in [-0.39, 0.29) is 35.8 Å². The van der Waals surface area contributed by atoms with Crippen molar-refractivity contribution in [2.75, 3.05) is 25.0 Å². The van der Waals surface area contributed by atoms with Crippen molar-refractivity contribution in [1.29, 1.82) is 0 Å². The van der Waals surface area contributed by atoms with Crippen LogP contribution >= 0.6 is 35.6 Å². The van der Waals surface area contributed by atoms with Crippen LogP contribution in [0.1, 0.15) is 12.0 Å². The number of hydrogen-bond acceptors (Lipinski definition) is 4. The lowest BCUT2D eigenvalue weighted by atomic mass is 10.2. The molecular formula is C19H23ClF2IN5O. The minimum Gasteiger partial charge on any atom is -0.433 e. The lowest BCUT2D eigenvalue weighted by Gasteiger charge is -2.22. The van der Waals surface area contributed by atoms with Gasteiger partial charge in [0.05, 0.1) is 5.69 Å². The minimum atomic E-state index is -2.84. The highest BCUT2D eigenvalue weighted by atomic mass is 127. The largest absolute Gasteiger partial charge is 0.433 e. The van der Waals surface area contributed by atoms with Gasteiger partial charge < -0.3 is 20.3 Å². The zero-order chi connectivity index (χ0) is 19.9. The number of alkyl halides is 2. The van der Waals surface area contributed by atoms with E-state index < -0.39 is 6.61 Å². The number of pyridine rings is 1. The Balaban J connectivity index is 0.00000300. The molecule has 6 nitrogen and oxygen atoms in total. The third kappa shape index (κ3) is 6.84. The van der Waals surface area contributed by atoms with Crippen molar-refractivity contribution < 1.29 is 13.5 Å². The van der Waals surface area contributed by atoms with Crippen LogP contribution < -0.4 is 20.3 Å². The molecule has 0 bridgehead atoms. The van der Waals surface area contributed by atoms with Gasteiger partial charge in [-0.25, -0.2) is 4.98 Å². The molecule has 0 radical (unpaired) electrons. The predicted molar refractivity (Wildman–Crippen MR) is 122 cm³/mol. The number of para-hydroxylation sites is 2. The van der Waals surface area contributed by atoms with Gasteiger partial charge in [0.25, 0.3) is 0 Å². The molecule has 10 heteroatoms. The molecule has 1 saturated heterocycles. The van der Waals surface area contributed by atoms with Gasteiger partial charge in [0.2, 0.25) is 0 Å². The molecule has 0 aliphatic carbocycles. The number of hydrogen-bond donors (Lipinski definition) is 2. The van der Waals surface area contributed by atoms with Gasteiger partial charge in [0, 0.05) is 38.9 Å². The monoisotopic (exact) mass is 537 g/mol. The van der Waals surface area contributed by atoms with Crippen molar-refractivity contribution in [3.63, 3.8) is 0 Å². The summed E-state index contributed by atoms with van der Waals surface area (Å²) in [4.78, 5) is 10.3. The van der Waals surface area contributed by atoms with Crippen molar-refractivity contribution in [2.24, 2.45) is 4.99 Å². The maximum absolute atomic E-state index is 12.6. The van der Waals surface area contributed by atoms with Gasteiger partial charge in [0.15, 0.2) is 5.96 Å². The van der Waals surface area contributed by atoms with Crippen LogP contribution in [0.15, 0.2) is 47.6 Å². The van der Waals surface area contributed by atoms with Crippen molar-refractivity contribution in [3.05, 3.63) is 53.3 Å². The Bertz CT molecular complexity index is 809. The normalized spacial score (nSPS) is 16.5. The lowest BCUT2D eigenvalue weighted by molar-refractivity contribution is -0.0495. The molecule has 0 amide bonds. The van der Waals surface area contributed by atoms with Crippen LogP contribution in [0.4, 0.5) is 14.5 Å². The van der Waals surface area contributed by atoms with Crippen LogP contribution in [0.25, 0.3) is 0 Å². The average molecular weight is 538 g/mol. The summed E-state index contributed by atoms with van der Waals surface area (Å²) in [6.45, 7) is -0.889. The summed E-state index contributed by atoms with van der Waals surface area (Å²) in [5, 5.41) is 7.06. The summed E-state index contributed by atoms with van der Waals surface area (Å²) < 4.78 is 29.9. The van der Waals surface area contributed by atoms with Crippen LogP contribution in [-0.2, 0) is 6.54 Å². The molecule has 2 heterocycles. The van der Waals surface area contributed by atoms with Crippen LogP contribution in [0.2, 0.25) is 5.15 Å². The summed E-state index contributed by atoms with van der Waals surface area (Å²) >= 11 is 5.80.